The number of hydrogen-bond donors (Lipinski definition) is 5. The van der Waals surface area contributed by atoms with Gasteiger partial charge in [0.15, 0.2) is 0 Å². The minimum atomic E-state index is -4.66. The van der Waals surface area contributed by atoms with Crippen molar-refractivity contribution in [3.8, 4) is 0 Å². The number of pyridine rings is 1. The Balaban J connectivity index is 2.38. The van der Waals surface area contributed by atoms with Crippen LogP contribution in [0.15, 0.2) is 41.2 Å². The number of aromatic nitrogens is 3. The third kappa shape index (κ3) is 7.94. The normalized spacial score (nSPS) is 13.3. The lowest BCUT2D eigenvalue weighted by Gasteiger charge is -2.22. The number of aryl methyl sites for hydroxylation is 1. The van der Waals surface area contributed by atoms with E-state index in [9.17, 15) is 14.5 Å². The number of aliphatic hydroxyl groups excluding tert-OH is 1. The maximum Gasteiger partial charge on any atom is 0.469 e. The second kappa shape index (κ2) is 11.2. The van der Waals surface area contributed by atoms with E-state index in [0.29, 0.717) is 45.4 Å². The highest BCUT2D eigenvalue weighted by Crippen LogP contribution is 2.36. The van der Waals surface area contributed by atoms with Crippen molar-refractivity contribution in [3.05, 3.63) is 58.3 Å². The molecule has 0 saturated carbocycles. The van der Waals surface area contributed by atoms with Gasteiger partial charge < -0.3 is 25.5 Å². The van der Waals surface area contributed by atoms with Gasteiger partial charge in [0.2, 0.25) is 6.41 Å². The molecule has 0 bridgehead atoms. The first-order valence-corrected chi connectivity index (χ1v) is 11.4. The molecule has 0 aliphatic rings. The third-order valence-electron chi connectivity index (χ3n) is 4.07. The molecule has 2 aromatic rings. The summed E-state index contributed by atoms with van der Waals surface area (Å²) in [4.78, 5) is 43.8. The third-order valence-corrected chi connectivity index (χ3v) is 5.84. The standard InChI is InChI=1S/C18H24N5O6PS/c1-12(23(11-24)10-14-9-21-13(2)22-17(14)19)16(6-8-29-30(26,27)28)31-18(25)15-5-3-4-7-20-15/h3-5,7,9,11,25,31H,6,8,10H2,1-2H3,(H2,19,21,22)(H2,26,27,28)/b16-12-. The Hall–Kier alpha value is -2.47. The number of nitrogens with two attached hydrogens (primary N) is 1. The monoisotopic (exact) mass is 469 g/mol. The number of aliphatic hydroxyl groups is 1. The van der Waals surface area contributed by atoms with E-state index in [1.807, 2.05) is 0 Å². The van der Waals surface area contributed by atoms with Gasteiger partial charge in [-0.2, -0.15) is 0 Å². The van der Waals surface area contributed by atoms with Gasteiger partial charge in [-0.05, 0) is 26.0 Å². The van der Waals surface area contributed by atoms with Crippen molar-refractivity contribution < 1.29 is 28.8 Å². The Morgan fingerprint density at radius 1 is 1.35 bits per heavy atom. The fourth-order valence-corrected chi connectivity index (χ4v) is 3.80. The molecular formula is C18H24N5O6PS. The number of phosphoric ester groups is 1. The number of amides is 1. The first-order chi connectivity index (χ1) is 14.6. The van der Waals surface area contributed by atoms with Crippen molar-refractivity contribution in [2.75, 3.05) is 12.3 Å². The van der Waals surface area contributed by atoms with Crippen LogP contribution in [-0.2, 0) is 20.4 Å². The van der Waals surface area contributed by atoms with Crippen LogP contribution in [0.25, 0.3) is 0 Å². The molecule has 0 fully saturated rings. The Morgan fingerprint density at radius 3 is 2.68 bits per heavy atom. The SMILES string of the molecule is C/C(=C(CCOP(=O)(O)O)/[SH]=C(\O)c1ccccn1)N(C=O)Cc1cnc(C)nc1N. The van der Waals surface area contributed by atoms with Crippen LogP contribution < -0.4 is 5.73 Å². The summed E-state index contributed by atoms with van der Waals surface area (Å²) in [5.41, 5.74) is 7.23. The van der Waals surface area contributed by atoms with E-state index in [4.69, 9.17) is 15.5 Å². The molecule has 0 aromatic carbocycles. The molecule has 2 aromatic heterocycles. The summed E-state index contributed by atoms with van der Waals surface area (Å²) < 4.78 is 15.6. The van der Waals surface area contributed by atoms with Crippen LogP contribution in [0.1, 0.15) is 30.4 Å². The molecule has 0 unspecified atom stereocenters. The summed E-state index contributed by atoms with van der Waals surface area (Å²) in [7, 11) is -4.66. The molecular weight excluding hydrogens is 445 g/mol. The summed E-state index contributed by atoms with van der Waals surface area (Å²) in [6, 6.07) is 5.02. The van der Waals surface area contributed by atoms with Crippen molar-refractivity contribution in [2.24, 2.45) is 0 Å². The summed E-state index contributed by atoms with van der Waals surface area (Å²) >= 11 is 0.302. The lowest BCUT2D eigenvalue weighted by molar-refractivity contribution is -0.116. The maximum atomic E-state index is 11.8. The molecule has 0 aliphatic heterocycles. The quantitative estimate of drug-likeness (QED) is 0.149. The lowest BCUT2D eigenvalue weighted by Crippen LogP contribution is -2.22. The van der Waals surface area contributed by atoms with Gasteiger partial charge in [-0.1, -0.05) is 6.07 Å². The van der Waals surface area contributed by atoms with Gasteiger partial charge >= 0.3 is 7.82 Å². The van der Waals surface area contributed by atoms with Crippen molar-refractivity contribution in [1.29, 1.82) is 0 Å². The Kier molecular flexibility index (Phi) is 8.99. The van der Waals surface area contributed by atoms with Crippen LogP contribution >= 0.6 is 19.2 Å². The van der Waals surface area contributed by atoms with E-state index >= 15 is 0 Å². The van der Waals surface area contributed by atoms with Gasteiger partial charge in [0, 0.05) is 35.0 Å². The number of carbonyl (C=O) groups excluding carboxylic acids is 1. The minimum Gasteiger partial charge on any atom is -0.383 e. The Bertz CT molecular complexity index is 1030. The Labute approximate surface area is 182 Å². The number of rotatable bonds is 10. The largest absolute Gasteiger partial charge is 0.469 e. The average Bonchev–Trinajstić information content (AvgIpc) is 2.71. The zero-order chi connectivity index (χ0) is 23.0. The number of phosphoric acid groups is 1. The topological polar surface area (TPSA) is 172 Å². The van der Waals surface area contributed by atoms with E-state index in [-0.39, 0.29) is 30.4 Å². The minimum absolute atomic E-state index is 0.0413. The number of carbonyl (C=O) groups is 1. The number of allylic oxidation sites excluding steroid dienone is 1. The first kappa shape index (κ1) is 24.8. The molecule has 1 amide bonds. The molecule has 2 heterocycles. The number of thiol groups is 1. The number of nitrogen functional groups attached to an aromatic ring is 1. The van der Waals surface area contributed by atoms with E-state index in [0.717, 1.165) is 0 Å². The van der Waals surface area contributed by atoms with Crippen molar-refractivity contribution in [3.63, 3.8) is 0 Å². The molecule has 0 atom stereocenters. The highest BCUT2D eigenvalue weighted by atomic mass is 32.1. The number of nitrogens with zero attached hydrogens (tertiary/aromatic N) is 4. The average molecular weight is 469 g/mol. The van der Waals surface area contributed by atoms with E-state index < -0.39 is 7.82 Å². The van der Waals surface area contributed by atoms with Crippen molar-refractivity contribution in [2.45, 2.75) is 26.8 Å². The summed E-state index contributed by atoms with van der Waals surface area (Å²) in [6.07, 6.45) is 3.67. The molecule has 31 heavy (non-hydrogen) atoms. The molecule has 168 valence electrons. The van der Waals surface area contributed by atoms with Crippen molar-refractivity contribution >= 4 is 36.5 Å². The molecule has 11 nitrogen and oxygen atoms in total. The molecule has 13 heteroatoms. The zero-order valence-corrected chi connectivity index (χ0v) is 18.7. The molecule has 0 saturated heterocycles. The van der Waals surface area contributed by atoms with Crippen LogP contribution in [-0.4, -0.2) is 52.8 Å². The highest BCUT2D eigenvalue weighted by Gasteiger charge is 2.17. The Morgan fingerprint density at radius 2 is 2.10 bits per heavy atom. The second-order valence-electron chi connectivity index (χ2n) is 6.32. The second-order valence-corrected chi connectivity index (χ2v) is 8.74. The van der Waals surface area contributed by atoms with Crippen LogP contribution in [0.4, 0.5) is 5.82 Å². The van der Waals surface area contributed by atoms with Crippen LogP contribution in [0, 0.1) is 6.92 Å². The van der Waals surface area contributed by atoms with Gasteiger partial charge in [0.25, 0.3) is 0 Å². The fraction of sp³-hybridized carbons (Fsp3) is 0.278. The fourth-order valence-electron chi connectivity index (χ4n) is 2.48. The van der Waals surface area contributed by atoms with E-state index in [1.165, 1.54) is 17.3 Å². The molecule has 0 spiro atoms. The van der Waals surface area contributed by atoms with Gasteiger partial charge in [-0.3, -0.25) is 14.3 Å². The molecule has 0 radical (unpaired) electrons. The number of anilines is 1. The van der Waals surface area contributed by atoms with E-state index in [2.05, 4.69) is 19.5 Å². The molecule has 5 N–H and O–H groups in total. The van der Waals surface area contributed by atoms with Gasteiger partial charge in [0.1, 0.15) is 16.7 Å². The first-order valence-electron chi connectivity index (χ1n) is 8.99. The smallest absolute Gasteiger partial charge is 0.383 e. The lowest BCUT2D eigenvalue weighted by atomic mass is 10.2. The van der Waals surface area contributed by atoms with Crippen molar-refractivity contribution in [1.82, 2.24) is 19.9 Å². The molecule has 2 rings (SSSR count). The van der Waals surface area contributed by atoms with E-state index in [1.54, 1.807) is 32.0 Å². The van der Waals surface area contributed by atoms with Crippen LogP contribution in [0.3, 0.4) is 0 Å². The van der Waals surface area contributed by atoms with Gasteiger partial charge in [-0.25, -0.2) is 14.5 Å². The number of hydrogen-bond acceptors (Lipinski definition) is 7. The summed E-state index contributed by atoms with van der Waals surface area (Å²) in [6.45, 7) is 3.09. The zero-order valence-electron chi connectivity index (χ0n) is 16.9. The van der Waals surface area contributed by atoms with Gasteiger partial charge in [-0.15, -0.1) is 11.4 Å². The maximum absolute atomic E-state index is 11.8. The van der Waals surface area contributed by atoms with Gasteiger partial charge in [0.05, 0.1) is 18.8 Å². The van der Waals surface area contributed by atoms with Crippen LogP contribution in [0.2, 0.25) is 0 Å². The summed E-state index contributed by atoms with van der Waals surface area (Å²) in [5.74, 6) is 0.730. The predicted octanol–water partition coefficient (Wildman–Crippen LogP) is 1.65. The predicted molar refractivity (Wildman–Crippen MR) is 118 cm³/mol. The summed E-state index contributed by atoms with van der Waals surface area (Å²) in [5, 5.41) is 10.4. The molecule has 0 aliphatic carbocycles. The van der Waals surface area contributed by atoms with Crippen LogP contribution in [0.5, 0.6) is 0 Å². The highest BCUT2D eigenvalue weighted by molar-refractivity contribution is 8.02.